The van der Waals surface area contributed by atoms with E-state index >= 15 is 0 Å². The molecule has 0 bridgehead atoms. The molecule has 0 aliphatic carbocycles. The minimum Gasteiger partial charge on any atom is -0.497 e. The predicted molar refractivity (Wildman–Crippen MR) is 104 cm³/mol. The smallest absolute Gasteiger partial charge is 0.188 e. The molecule has 3 aromatic rings. The van der Waals surface area contributed by atoms with E-state index in [2.05, 4.69) is 55.5 Å². The topological polar surface area (TPSA) is 27.7 Å². The van der Waals surface area contributed by atoms with Gasteiger partial charge in [0.1, 0.15) is 11.5 Å². The fraction of sp³-hybridized carbons (Fsp3) is 0.217. The second-order valence-corrected chi connectivity index (χ2v) is 6.29. The van der Waals surface area contributed by atoms with Gasteiger partial charge >= 0.3 is 0 Å². The summed E-state index contributed by atoms with van der Waals surface area (Å²) in [6, 6.07) is 27.0. The molecule has 0 N–H and O–H groups in total. The Morgan fingerprint density at radius 1 is 0.654 bits per heavy atom. The second kappa shape index (κ2) is 8.07. The van der Waals surface area contributed by atoms with Crippen LogP contribution in [0.25, 0.3) is 0 Å². The normalized spacial score (nSPS) is 13.0. The van der Waals surface area contributed by atoms with Crippen LogP contribution in [-0.2, 0) is 10.2 Å². The number of rotatable bonds is 7. The van der Waals surface area contributed by atoms with Gasteiger partial charge in [-0.3, -0.25) is 0 Å². The average molecular weight is 348 g/mol. The standard InChI is InChI=1S/C23H24O3/c1-23(18-7-5-4-6-8-18,19-9-13-21(25-3)14-10-19)20-11-15-22(16-12-20)26-17-24-2/h4-16H,17H2,1-3H3. The third-order valence-corrected chi connectivity index (χ3v) is 4.79. The van der Waals surface area contributed by atoms with Crippen LogP contribution in [0.3, 0.4) is 0 Å². The molecule has 134 valence electrons. The largest absolute Gasteiger partial charge is 0.497 e. The summed E-state index contributed by atoms with van der Waals surface area (Å²) in [5, 5.41) is 0. The first-order chi connectivity index (χ1) is 12.7. The maximum Gasteiger partial charge on any atom is 0.188 e. The lowest BCUT2D eigenvalue weighted by Gasteiger charge is -2.32. The van der Waals surface area contributed by atoms with Crippen LogP contribution in [0.2, 0.25) is 0 Å². The van der Waals surface area contributed by atoms with E-state index in [4.69, 9.17) is 14.2 Å². The SMILES string of the molecule is COCOc1ccc(C(C)(c2ccccc2)c2ccc(OC)cc2)cc1. The number of ether oxygens (including phenoxy) is 3. The van der Waals surface area contributed by atoms with Gasteiger partial charge in [0.15, 0.2) is 6.79 Å². The average Bonchev–Trinajstić information content (AvgIpc) is 2.72. The molecule has 0 spiro atoms. The van der Waals surface area contributed by atoms with Crippen LogP contribution in [0.4, 0.5) is 0 Å². The summed E-state index contributed by atoms with van der Waals surface area (Å²) in [6.07, 6.45) is 0. The van der Waals surface area contributed by atoms with Gasteiger partial charge in [-0.1, -0.05) is 54.6 Å². The van der Waals surface area contributed by atoms with Crippen molar-refractivity contribution in [3.8, 4) is 11.5 Å². The highest BCUT2D eigenvalue weighted by atomic mass is 16.7. The lowest BCUT2D eigenvalue weighted by molar-refractivity contribution is 0.0511. The van der Waals surface area contributed by atoms with Crippen LogP contribution in [0.5, 0.6) is 11.5 Å². The van der Waals surface area contributed by atoms with Crippen molar-refractivity contribution in [2.45, 2.75) is 12.3 Å². The minimum absolute atomic E-state index is 0.244. The quantitative estimate of drug-likeness (QED) is 0.443. The van der Waals surface area contributed by atoms with Crippen molar-refractivity contribution in [2.75, 3.05) is 21.0 Å². The zero-order valence-electron chi connectivity index (χ0n) is 15.4. The third-order valence-electron chi connectivity index (χ3n) is 4.79. The van der Waals surface area contributed by atoms with Gasteiger partial charge in [-0.25, -0.2) is 0 Å². The highest BCUT2D eigenvalue weighted by Gasteiger charge is 2.31. The zero-order chi connectivity index (χ0) is 18.4. The highest BCUT2D eigenvalue weighted by Crippen LogP contribution is 2.39. The first-order valence-corrected chi connectivity index (χ1v) is 8.61. The Bertz CT molecular complexity index is 810. The maximum atomic E-state index is 5.53. The van der Waals surface area contributed by atoms with Gasteiger partial charge in [0.2, 0.25) is 0 Å². The molecule has 0 aromatic heterocycles. The summed E-state index contributed by atoms with van der Waals surface area (Å²) >= 11 is 0. The highest BCUT2D eigenvalue weighted by molar-refractivity contribution is 5.51. The van der Waals surface area contributed by atoms with Gasteiger partial charge in [-0.05, 0) is 47.9 Å². The van der Waals surface area contributed by atoms with Crippen LogP contribution in [0.1, 0.15) is 23.6 Å². The van der Waals surface area contributed by atoms with Crippen LogP contribution < -0.4 is 9.47 Å². The summed E-state index contributed by atoms with van der Waals surface area (Å²) in [5.74, 6) is 1.65. The van der Waals surface area contributed by atoms with Gasteiger partial charge in [-0.15, -0.1) is 0 Å². The molecule has 1 atom stereocenters. The Hall–Kier alpha value is -2.78. The second-order valence-electron chi connectivity index (χ2n) is 6.29. The van der Waals surface area contributed by atoms with Gasteiger partial charge in [0.25, 0.3) is 0 Å². The Morgan fingerprint density at radius 3 is 1.65 bits per heavy atom. The maximum absolute atomic E-state index is 5.53. The van der Waals surface area contributed by atoms with Crippen molar-refractivity contribution in [1.29, 1.82) is 0 Å². The van der Waals surface area contributed by atoms with E-state index < -0.39 is 0 Å². The summed E-state index contributed by atoms with van der Waals surface area (Å²) in [4.78, 5) is 0. The minimum atomic E-state index is -0.284. The summed E-state index contributed by atoms with van der Waals surface area (Å²) < 4.78 is 15.8. The van der Waals surface area contributed by atoms with E-state index in [1.807, 2.05) is 30.3 Å². The molecule has 0 saturated carbocycles. The molecule has 1 unspecified atom stereocenters. The Labute approximate surface area is 155 Å². The van der Waals surface area contributed by atoms with Crippen molar-refractivity contribution in [1.82, 2.24) is 0 Å². The van der Waals surface area contributed by atoms with E-state index in [-0.39, 0.29) is 12.2 Å². The fourth-order valence-electron chi connectivity index (χ4n) is 3.21. The summed E-state index contributed by atoms with van der Waals surface area (Å²) in [7, 11) is 3.30. The monoisotopic (exact) mass is 348 g/mol. The summed E-state index contributed by atoms with van der Waals surface area (Å²) in [5.41, 5.74) is 3.34. The Kier molecular flexibility index (Phi) is 5.59. The molecule has 3 heteroatoms. The molecule has 0 radical (unpaired) electrons. The van der Waals surface area contributed by atoms with Crippen LogP contribution in [-0.4, -0.2) is 21.0 Å². The molecule has 3 aromatic carbocycles. The first kappa shape index (κ1) is 18.0. The Morgan fingerprint density at radius 2 is 1.15 bits per heavy atom. The molecule has 26 heavy (non-hydrogen) atoms. The molecule has 0 amide bonds. The molecule has 0 fully saturated rings. The predicted octanol–water partition coefficient (Wildman–Crippen LogP) is 5.03. The van der Waals surface area contributed by atoms with E-state index in [0.29, 0.717) is 0 Å². The number of benzene rings is 3. The molecule has 0 aliphatic rings. The molecule has 3 nitrogen and oxygen atoms in total. The number of methoxy groups -OCH3 is 2. The van der Waals surface area contributed by atoms with E-state index in [9.17, 15) is 0 Å². The van der Waals surface area contributed by atoms with Gasteiger partial charge in [0.05, 0.1) is 7.11 Å². The van der Waals surface area contributed by atoms with Crippen molar-refractivity contribution >= 4 is 0 Å². The third kappa shape index (κ3) is 3.58. The van der Waals surface area contributed by atoms with Crippen LogP contribution >= 0.6 is 0 Å². The lowest BCUT2D eigenvalue weighted by atomic mass is 9.71. The van der Waals surface area contributed by atoms with Gasteiger partial charge in [0, 0.05) is 12.5 Å². The molecule has 0 aliphatic heterocycles. The van der Waals surface area contributed by atoms with Crippen molar-refractivity contribution < 1.29 is 14.2 Å². The van der Waals surface area contributed by atoms with E-state index in [1.165, 1.54) is 16.7 Å². The number of hydrogen-bond donors (Lipinski definition) is 0. The number of hydrogen-bond acceptors (Lipinski definition) is 3. The molecular weight excluding hydrogens is 324 g/mol. The lowest BCUT2D eigenvalue weighted by Crippen LogP contribution is -2.25. The van der Waals surface area contributed by atoms with Crippen molar-refractivity contribution in [3.05, 3.63) is 95.6 Å². The van der Waals surface area contributed by atoms with Crippen LogP contribution in [0.15, 0.2) is 78.9 Å². The van der Waals surface area contributed by atoms with E-state index in [1.54, 1.807) is 14.2 Å². The summed E-state index contributed by atoms with van der Waals surface area (Å²) in [6.45, 7) is 2.49. The Balaban J connectivity index is 2.06. The van der Waals surface area contributed by atoms with Crippen molar-refractivity contribution in [3.63, 3.8) is 0 Å². The fourth-order valence-corrected chi connectivity index (χ4v) is 3.21. The van der Waals surface area contributed by atoms with Gasteiger partial charge in [-0.2, -0.15) is 0 Å². The van der Waals surface area contributed by atoms with Gasteiger partial charge < -0.3 is 14.2 Å². The molecule has 0 heterocycles. The molecule has 3 rings (SSSR count). The zero-order valence-corrected chi connectivity index (χ0v) is 15.4. The van der Waals surface area contributed by atoms with Crippen LogP contribution in [0, 0.1) is 0 Å². The van der Waals surface area contributed by atoms with Crippen molar-refractivity contribution in [2.24, 2.45) is 0 Å². The first-order valence-electron chi connectivity index (χ1n) is 8.61. The van der Waals surface area contributed by atoms with E-state index in [0.717, 1.165) is 11.5 Å². The molecule has 0 saturated heterocycles. The molecular formula is C23H24O3.